The number of ether oxygens (including phenoxy) is 1. The van der Waals surface area contributed by atoms with Crippen molar-refractivity contribution in [2.75, 3.05) is 26.2 Å². The molecule has 2 saturated heterocycles. The third-order valence-corrected chi connectivity index (χ3v) is 5.42. The van der Waals surface area contributed by atoms with Crippen molar-refractivity contribution in [3.63, 3.8) is 0 Å². The van der Waals surface area contributed by atoms with E-state index < -0.39 is 0 Å². The molecule has 2 fully saturated rings. The molecule has 2 aliphatic heterocycles. The number of rotatable bonds is 5. The summed E-state index contributed by atoms with van der Waals surface area (Å²) in [4.78, 5) is 16.3. The van der Waals surface area contributed by atoms with Gasteiger partial charge in [-0.2, -0.15) is 0 Å². The summed E-state index contributed by atoms with van der Waals surface area (Å²) in [7, 11) is 0. The zero-order chi connectivity index (χ0) is 14.7. The Bertz CT molecular complexity index is 502. The van der Waals surface area contributed by atoms with Crippen LogP contribution in [0.1, 0.15) is 17.7 Å². The number of likely N-dealkylation sites (tertiary alicyclic amines) is 1. The molecular formula is C16H22N2O2S. The first-order chi connectivity index (χ1) is 10.2. The molecule has 21 heavy (non-hydrogen) atoms. The fourth-order valence-electron chi connectivity index (χ4n) is 3.45. The Labute approximate surface area is 129 Å². The maximum absolute atomic E-state index is 12.8. The van der Waals surface area contributed by atoms with Crippen molar-refractivity contribution in [3.8, 4) is 0 Å². The molecule has 0 bridgehead atoms. The van der Waals surface area contributed by atoms with Gasteiger partial charge < -0.3 is 10.1 Å². The maximum atomic E-state index is 12.8. The number of amides is 1. The normalized spacial score (nSPS) is 29.0. The number of thiophene rings is 1. The lowest BCUT2D eigenvalue weighted by Gasteiger charge is -2.42. The van der Waals surface area contributed by atoms with E-state index in [0.717, 1.165) is 32.5 Å². The number of nitrogens with zero attached hydrogens (tertiary/aromatic N) is 1. The van der Waals surface area contributed by atoms with Crippen LogP contribution in [0.3, 0.4) is 0 Å². The van der Waals surface area contributed by atoms with Crippen LogP contribution in [-0.4, -0.2) is 43.2 Å². The fraction of sp³-hybridized carbons (Fsp3) is 0.562. The molecule has 3 heterocycles. The minimum atomic E-state index is -0.376. The highest BCUT2D eigenvalue weighted by Gasteiger charge is 2.52. The summed E-state index contributed by atoms with van der Waals surface area (Å²) >= 11 is 1.67. The highest BCUT2D eigenvalue weighted by atomic mass is 32.1. The van der Waals surface area contributed by atoms with E-state index in [-0.39, 0.29) is 17.4 Å². The number of hydrogen-bond acceptors (Lipinski definition) is 4. The Morgan fingerprint density at radius 2 is 2.57 bits per heavy atom. The van der Waals surface area contributed by atoms with Gasteiger partial charge in [0.25, 0.3) is 0 Å². The van der Waals surface area contributed by atoms with Crippen LogP contribution in [0.15, 0.2) is 30.2 Å². The standard InChI is InChI=1S/C16H22N2O2S/c1-2-7-18-8-5-14-16(12-18,6-9-20-14)15(19)17-11-13-4-3-10-21-13/h2-4,10,14H,1,5-9,11-12H2,(H,17,19)/t14-,16-/m1/s1. The van der Waals surface area contributed by atoms with Gasteiger partial charge in [-0.25, -0.2) is 0 Å². The first-order valence-electron chi connectivity index (χ1n) is 7.50. The second-order valence-electron chi connectivity index (χ2n) is 5.84. The lowest BCUT2D eigenvalue weighted by Crippen LogP contribution is -2.56. The van der Waals surface area contributed by atoms with Crippen LogP contribution in [0, 0.1) is 5.41 Å². The van der Waals surface area contributed by atoms with E-state index in [1.807, 2.05) is 17.5 Å². The summed E-state index contributed by atoms with van der Waals surface area (Å²) < 4.78 is 5.83. The van der Waals surface area contributed by atoms with Crippen molar-refractivity contribution in [3.05, 3.63) is 35.0 Å². The zero-order valence-electron chi connectivity index (χ0n) is 12.2. The average Bonchev–Trinajstić information content (AvgIpc) is 3.14. The summed E-state index contributed by atoms with van der Waals surface area (Å²) in [6, 6.07) is 4.06. The molecule has 1 aromatic rings. The van der Waals surface area contributed by atoms with Crippen molar-refractivity contribution < 1.29 is 9.53 Å². The maximum Gasteiger partial charge on any atom is 0.230 e. The monoisotopic (exact) mass is 306 g/mol. The van der Waals surface area contributed by atoms with E-state index in [1.165, 1.54) is 4.88 Å². The lowest BCUT2D eigenvalue weighted by atomic mass is 9.75. The molecule has 0 saturated carbocycles. The van der Waals surface area contributed by atoms with Crippen LogP contribution < -0.4 is 5.32 Å². The summed E-state index contributed by atoms with van der Waals surface area (Å²) in [6.45, 7) is 7.72. The molecule has 114 valence electrons. The van der Waals surface area contributed by atoms with Gasteiger partial charge in [-0.3, -0.25) is 9.69 Å². The quantitative estimate of drug-likeness (QED) is 0.846. The molecule has 2 aliphatic rings. The van der Waals surface area contributed by atoms with E-state index in [1.54, 1.807) is 11.3 Å². The van der Waals surface area contributed by atoms with E-state index >= 15 is 0 Å². The van der Waals surface area contributed by atoms with Crippen LogP contribution in [0.25, 0.3) is 0 Å². The van der Waals surface area contributed by atoms with Crippen LogP contribution >= 0.6 is 11.3 Å². The molecule has 0 aromatic carbocycles. The van der Waals surface area contributed by atoms with Gasteiger partial charge in [0.05, 0.1) is 18.1 Å². The lowest BCUT2D eigenvalue weighted by molar-refractivity contribution is -0.139. The second kappa shape index (κ2) is 6.30. The van der Waals surface area contributed by atoms with Gasteiger partial charge >= 0.3 is 0 Å². The van der Waals surface area contributed by atoms with Crippen molar-refractivity contribution >= 4 is 17.2 Å². The highest BCUT2D eigenvalue weighted by molar-refractivity contribution is 7.09. The van der Waals surface area contributed by atoms with Crippen molar-refractivity contribution in [1.29, 1.82) is 0 Å². The summed E-state index contributed by atoms with van der Waals surface area (Å²) in [5.41, 5.74) is -0.376. The molecule has 4 nitrogen and oxygen atoms in total. The molecule has 3 rings (SSSR count). The predicted molar refractivity (Wildman–Crippen MR) is 84.2 cm³/mol. The third kappa shape index (κ3) is 2.91. The second-order valence-corrected chi connectivity index (χ2v) is 6.87. The first-order valence-corrected chi connectivity index (χ1v) is 8.38. The van der Waals surface area contributed by atoms with Crippen LogP contribution in [0.5, 0.6) is 0 Å². The van der Waals surface area contributed by atoms with Gasteiger partial charge in [0, 0.05) is 31.1 Å². The Morgan fingerprint density at radius 1 is 1.67 bits per heavy atom. The zero-order valence-corrected chi connectivity index (χ0v) is 13.0. The number of hydrogen-bond donors (Lipinski definition) is 1. The van der Waals surface area contributed by atoms with Gasteiger partial charge in [0.2, 0.25) is 5.91 Å². The van der Waals surface area contributed by atoms with Crippen molar-refractivity contribution in [1.82, 2.24) is 10.2 Å². The Morgan fingerprint density at radius 3 is 3.33 bits per heavy atom. The van der Waals surface area contributed by atoms with Crippen LogP contribution in [-0.2, 0) is 16.1 Å². The number of carbonyl (C=O) groups excluding carboxylic acids is 1. The van der Waals surface area contributed by atoms with E-state index in [4.69, 9.17) is 4.74 Å². The molecule has 2 atom stereocenters. The minimum absolute atomic E-state index is 0.0712. The molecule has 5 heteroatoms. The Balaban J connectivity index is 1.69. The molecule has 0 aliphatic carbocycles. The van der Waals surface area contributed by atoms with Crippen LogP contribution in [0.4, 0.5) is 0 Å². The number of carbonyl (C=O) groups is 1. The molecule has 0 spiro atoms. The molecule has 1 amide bonds. The average molecular weight is 306 g/mol. The van der Waals surface area contributed by atoms with Crippen molar-refractivity contribution in [2.24, 2.45) is 5.41 Å². The largest absolute Gasteiger partial charge is 0.377 e. The summed E-state index contributed by atoms with van der Waals surface area (Å²) in [6.07, 6.45) is 3.73. The van der Waals surface area contributed by atoms with Gasteiger partial charge in [-0.15, -0.1) is 17.9 Å². The van der Waals surface area contributed by atoms with E-state index in [2.05, 4.69) is 22.9 Å². The van der Waals surface area contributed by atoms with Gasteiger partial charge in [-0.1, -0.05) is 12.1 Å². The highest BCUT2D eigenvalue weighted by Crippen LogP contribution is 2.41. The molecule has 1 N–H and O–H groups in total. The molecular weight excluding hydrogens is 284 g/mol. The van der Waals surface area contributed by atoms with Crippen LogP contribution in [0.2, 0.25) is 0 Å². The number of nitrogens with one attached hydrogen (secondary N) is 1. The smallest absolute Gasteiger partial charge is 0.230 e. The number of piperidine rings is 1. The summed E-state index contributed by atoms with van der Waals surface area (Å²) in [5.74, 6) is 0.146. The van der Waals surface area contributed by atoms with Gasteiger partial charge in [0.1, 0.15) is 0 Å². The Hall–Kier alpha value is -1.17. The molecule has 1 aromatic heterocycles. The topological polar surface area (TPSA) is 41.6 Å². The minimum Gasteiger partial charge on any atom is -0.377 e. The summed E-state index contributed by atoms with van der Waals surface area (Å²) in [5, 5.41) is 5.15. The van der Waals surface area contributed by atoms with Crippen molar-refractivity contribution in [2.45, 2.75) is 25.5 Å². The SMILES string of the molecule is C=CCN1CC[C@H]2OCC[C@@]2(C(=O)NCc2cccs2)C1. The van der Waals surface area contributed by atoms with Gasteiger partial charge in [0.15, 0.2) is 0 Å². The van der Waals surface area contributed by atoms with E-state index in [9.17, 15) is 4.79 Å². The van der Waals surface area contributed by atoms with E-state index in [0.29, 0.717) is 13.2 Å². The van der Waals surface area contributed by atoms with Gasteiger partial charge in [-0.05, 0) is 24.3 Å². The number of fused-ring (bicyclic) bond motifs is 1. The molecule has 0 unspecified atom stereocenters. The first kappa shape index (κ1) is 14.8. The third-order valence-electron chi connectivity index (χ3n) is 4.54. The fourth-order valence-corrected chi connectivity index (χ4v) is 4.09. The predicted octanol–water partition coefficient (Wildman–Crippen LogP) is 2.03. The Kier molecular flexibility index (Phi) is 4.42. The molecule has 0 radical (unpaired) electrons.